The summed E-state index contributed by atoms with van der Waals surface area (Å²) in [5, 5.41) is 8.19. The molecule has 0 aliphatic heterocycles. The first kappa shape index (κ1) is 11.1. The predicted octanol–water partition coefficient (Wildman–Crippen LogP) is 1.28. The minimum atomic E-state index is -0.366. The largest absolute Gasteiger partial charge is 0.464 e. The van der Waals surface area contributed by atoms with E-state index in [-0.39, 0.29) is 12.0 Å². The summed E-state index contributed by atoms with van der Waals surface area (Å²) in [4.78, 5) is 11.6. The highest BCUT2D eigenvalue weighted by Crippen LogP contribution is 2.21. The molecule has 5 heteroatoms. The molecule has 0 bridgehead atoms. The van der Waals surface area contributed by atoms with Crippen LogP contribution in [-0.2, 0) is 22.4 Å². The van der Waals surface area contributed by atoms with Crippen LogP contribution >= 0.6 is 0 Å². The van der Waals surface area contributed by atoms with Gasteiger partial charge in [-0.05, 0) is 39.5 Å². The van der Waals surface area contributed by atoms with Gasteiger partial charge in [0.05, 0.1) is 18.0 Å². The van der Waals surface area contributed by atoms with Gasteiger partial charge < -0.3 is 4.74 Å². The molecule has 1 aliphatic rings. The van der Waals surface area contributed by atoms with Gasteiger partial charge in [0.1, 0.15) is 6.04 Å². The van der Waals surface area contributed by atoms with Crippen molar-refractivity contribution in [3.8, 4) is 0 Å². The van der Waals surface area contributed by atoms with Crippen molar-refractivity contribution in [3.05, 3.63) is 11.4 Å². The minimum absolute atomic E-state index is 0.235. The van der Waals surface area contributed by atoms with Crippen molar-refractivity contribution in [2.45, 2.75) is 45.6 Å². The van der Waals surface area contributed by atoms with E-state index in [0.29, 0.717) is 6.61 Å². The Kier molecular flexibility index (Phi) is 3.22. The van der Waals surface area contributed by atoms with Gasteiger partial charge in [-0.1, -0.05) is 5.21 Å². The highest BCUT2D eigenvalue weighted by molar-refractivity contribution is 5.73. The van der Waals surface area contributed by atoms with Crippen molar-refractivity contribution in [3.63, 3.8) is 0 Å². The zero-order valence-electron chi connectivity index (χ0n) is 9.77. The molecule has 0 saturated heterocycles. The van der Waals surface area contributed by atoms with Crippen molar-refractivity contribution in [2.75, 3.05) is 6.61 Å². The molecule has 1 heterocycles. The number of hydrogen-bond acceptors (Lipinski definition) is 4. The van der Waals surface area contributed by atoms with Gasteiger partial charge in [-0.3, -0.25) is 0 Å². The zero-order chi connectivity index (χ0) is 11.5. The summed E-state index contributed by atoms with van der Waals surface area (Å²) in [6.07, 6.45) is 4.26. The summed E-state index contributed by atoms with van der Waals surface area (Å²) < 4.78 is 6.71. The Morgan fingerprint density at radius 3 is 3.00 bits per heavy atom. The van der Waals surface area contributed by atoms with Crippen molar-refractivity contribution < 1.29 is 9.53 Å². The van der Waals surface area contributed by atoms with Crippen molar-refractivity contribution in [1.82, 2.24) is 15.0 Å². The number of nitrogens with zero attached hydrogens (tertiary/aromatic N) is 3. The van der Waals surface area contributed by atoms with E-state index in [1.165, 1.54) is 6.42 Å². The van der Waals surface area contributed by atoms with E-state index in [1.54, 1.807) is 11.6 Å². The normalized spacial score (nSPS) is 16.6. The molecule has 0 amide bonds. The van der Waals surface area contributed by atoms with Gasteiger partial charge >= 0.3 is 5.97 Å². The lowest BCUT2D eigenvalue weighted by molar-refractivity contribution is -0.147. The van der Waals surface area contributed by atoms with Crippen LogP contribution in [0.3, 0.4) is 0 Å². The van der Waals surface area contributed by atoms with E-state index in [4.69, 9.17) is 4.74 Å². The third-order valence-electron chi connectivity index (χ3n) is 2.94. The Morgan fingerprint density at radius 2 is 2.25 bits per heavy atom. The first-order valence-electron chi connectivity index (χ1n) is 5.83. The number of aryl methyl sites for hydroxylation is 1. The Bertz CT molecular complexity index is 387. The van der Waals surface area contributed by atoms with Crippen LogP contribution in [0.4, 0.5) is 0 Å². The fraction of sp³-hybridized carbons (Fsp3) is 0.727. The Hall–Kier alpha value is -1.39. The third-order valence-corrected chi connectivity index (χ3v) is 2.94. The number of ether oxygens (including phenoxy) is 1. The molecular weight excluding hydrogens is 206 g/mol. The first-order valence-corrected chi connectivity index (χ1v) is 5.83. The second-order valence-electron chi connectivity index (χ2n) is 4.06. The zero-order valence-corrected chi connectivity index (χ0v) is 9.77. The average Bonchev–Trinajstić information content (AvgIpc) is 2.72. The Balaban J connectivity index is 2.20. The van der Waals surface area contributed by atoms with Gasteiger partial charge in [0.2, 0.25) is 0 Å². The second kappa shape index (κ2) is 4.63. The molecule has 1 aromatic rings. The SMILES string of the molecule is CCOC(=O)C(C)n1nnc2c1CCCC2. The molecule has 1 unspecified atom stereocenters. The quantitative estimate of drug-likeness (QED) is 0.724. The molecule has 1 aliphatic carbocycles. The van der Waals surface area contributed by atoms with E-state index in [2.05, 4.69) is 10.3 Å². The molecule has 0 fully saturated rings. The van der Waals surface area contributed by atoms with Gasteiger partial charge in [0.15, 0.2) is 0 Å². The smallest absolute Gasteiger partial charge is 0.330 e. The third kappa shape index (κ3) is 1.94. The van der Waals surface area contributed by atoms with Gasteiger partial charge in [0.25, 0.3) is 0 Å². The monoisotopic (exact) mass is 223 g/mol. The van der Waals surface area contributed by atoms with Crippen LogP contribution in [-0.4, -0.2) is 27.6 Å². The molecule has 88 valence electrons. The van der Waals surface area contributed by atoms with Crippen LogP contribution in [0, 0.1) is 0 Å². The van der Waals surface area contributed by atoms with E-state index < -0.39 is 0 Å². The van der Waals surface area contributed by atoms with E-state index in [1.807, 2.05) is 6.92 Å². The van der Waals surface area contributed by atoms with Gasteiger partial charge in [0, 0.05) is 0 Å². The number of carbonyl (C=O) groups is 1. The number of hydrogen-bond donors (Lipinski definition) is 0. The van der Waals surface area contributed by atoms with Gasteiger partial charge in [-0.15, -0.1) is 5.10 Å². The molecule has 0 N–H and O–H groups in total. The van der Waals surface area contributed by atoms with Crippen LogP contribution in [0.15, 0.2) is 0 Å². The standard InChI is InChI=1S/C11H17N3O2/c1-3-16-11(15)8(2)14-10-7-5-4-6-9(10)12-13-14/h8H,3-7H2,1-2H3. The summed E-state index contributed by atoms with van der Waals surface area (Å²) in [6.45, 7) is 4.02. The molecule has 0 radical (unpaired) electrons. The summed E-state index contributed by atoms with van der Waals surface area (Å²) in [5.41, 5.74) is 2.15. The molecule has 1 aromatic heterocycles. The van der Waals surface area contributed by atoms with Crippen molar-refractivity contribution in [2.24, 2.45) is 0 Å². The number of esters is 1. The molecule has 16 heavy (non-hydrogen) atoms. The maximum Gasteiger partial charge on any atom is 0.330 e. The van der Waals surface area contributed by atoms with Crippen LogP contribution in [0.1, 0.15) is 44.1 Å². The van der Waals surface area contributed by atoms with Gasteiger partial charge in [-0.25, -0.2) is 9.48 Å². The lowest BCUT2D eigenvalue weighted by atomic mass is 10.0. The van der Waals surface area contributed by atoms with Crippen LogP contribution in [0.5, 0.6) is 0 Å². The van der Waals surface area contributed by atoms with E-state index in [0.717, 1.165) is 30.7 Å². The topological polar surface area (TPSA) is 57.0 Å². The van der Waals surface area contributed by atoms with Gasteiger partial charge in [-0.2, -0.15) is 0 Å². The fourth-order valence-corrected chi connectivity index (χ4v) is 2.06. The number of carbonyl (C=O) groups excluding carboxylic acids is 1. The Morgan fingerprint density at radius 1 is 1.50 bits per heavy atom. The van der Waals surface area contributed by atoms with Crippen molar-refractivity contribution >= 4 is 5.97 Å². The molecule has 0 saturated carbocycles. The van der Waals surface area contributed by atoms with E-state index >= 15 is 0 Å². The van der Waals surface area contributed by atoms with Crippen LogP contribution in [0.2, 0.25) is 0 Å². The molecule has 2 rings (SSSR count). The van der Waals surface area contributed by atoms with Crippen LogP contribution in [0.25, 0.3) is 0 Å². The molecule has 5 nitrogen and oxygen atoms in total. The molecule has 1 atom stereocenters. The second-order valence-corrected chi connectivity index (χ2v) is 4.06. The fourth-order valence-electron chi connectivity index (χ4n) is 2.06. The molecule has 0 aromatic carbocycles. The maximum absolute atomic E-state index is 11.6. The number of rotatable bonds is 3. The summed E-state index contributed by atoms with van der Waals surface area (Å²) in [5.74, 6) is -0.235. The molecular formula is C11H17N3O2. The average molecular weight is 223 g/mol. The highest BCUT2D eigenvalue weighted by Gasteiger charge is 2.24. The summed E-state index contributed by atoms with van der Waals surface area (Å²) in [7, 11) is 0. The first-order chi connectivity index (χ1) is 7.74. The van der Waals surface area contributed by atoms with Crippen LogP contribution < -0.4 is 0 Å². The lowest BCUT2D eigenvalue weighted by Crippen LogP contribution is -2.22. The number of fused-ring (bicyclic) bond motifs is 1. The number of aromatic nitrogens is 3. The van der Waals surface area contributed by atoms with E-state index in [9.17, 15) is 4.79 Å². The maximum atomic E-state index is 11.6. The summed E-state index contributed by atoms with van der Waals surface area (Å²) >= 11 is 0. The lowest BCUT2D eigenvalue weighted by Gasteiger charge is -2.16. The Labute approximate surface area is 94.8 Å². The summed E-state index contributed by atoms with van der Waals surface area (Å²) in [6, 6.07) is -0.366. The van der Waals surface area contributed by atoms with Crippen molar-refractivity contribution in [1.29, 1.82) is 0 Å². The minimum Gasteiger partial charge on any atom is -0.464 e. The molecule has 0 spiro atoms. The predicted molar refractivity (Wildman–Crippen MR) is 58.0 cm³/mol. The highest BCUT2D eigenvalue weighted by atomic mass is 16.5.